The minimum atomic E-state index is -0.852. The van der Waals surface area contributed by atoms with Crippen molar-refractivity contribution in [1.29, 1.82) is 0 Å². The minimum absolute atomic E-state index is 0.0534. The first-order chi connectivity index (χ1) is 12.4. The number of likely N-dealkylation sites (tertiary alicyclic amines) is 1. The average Bonchev–Trinajstić information content (AvgIpc) is 3.06. The lowest BCUT2D eigenvalue weighted by Crippen LogP contribution is -2.58. The molecule has 0 unspecified atom stereocenters. The molecule has 0 atom stereocenters. The summed E-state index contributed by atoms with van der Waals surface area (Å²) in [5.74, 6) is -0.440. The zero-order chi connectivity index (χ0) is 18.7. The number of hydrogen-bond donors (Lipinski definition) is 2. The zero-order valence-corrected chi connectivity index (χ0v) is 14.8. The van der Waals surface area contributed by atoms with Gasteiger partial charge in [-0.1, -0.05) is 12.1 Å². The van der Waals surface area contributed by atoms with Crippen LogP contribution in [0.3, 0.4) is 0 Å². The van der Waals surface area contributed by atoms with Crippen LogP contribution in [0.4, 0.5) is 10.2 Å². The van der Waals surface area contributed by atoms with E-state index >= 15 is 0 Å². The summed E-state index contributed by atoms with van der Waals surface area (Å²) in [5.41, 5.74) is -0.799. The highest BCUT2D eigenvalue weighted by molar-refractivity contribution is 5.95. The highest BCUT2D eigenvalue weighted by atomic mass is 19.1. The van der Waals surface area contributed by atoms with Crippen LogP contribution in [-0.4, -0.2) is 52.2 Å². The number of carbonyl (C=O) groups is 2. The van der Waals surface area contributed by atoms with E-state index in [4.69, 9.17) is 0 Å². The summed E-state index contributed by atoms with van der Waals surface area (Å²) in [4.78, 5) is 26.7. The molecule has 26 heavy (non-hydrogen) atoms. The second-order valence-electron chi connectivity index (χ2n) is 6.43. The highest BCUT2D eigenvalue weighted by Gasteiger charge is 2.42. The second-order valence-corrected chi connectivity index (χ2v) is 6.43. The molecule has 2 heterocycles. The van der Waals surface area contributed by atoms with Gasteiger partial charge in [-0.2, -0.15) is 5.10 Å². The van der Waals surface area contributed by atoms with Crippen LogP contribution in [0.25, 0.3) is 0 Å². The molecule has 3 rings (SSSR count). The predicted octanol–water partition coefficient (Wildman–Crippen LogP) is 1.39. The summed E-state index contributed by atoms with van der Waals surface area (Å²) in [6, 6.07) is 7.73. The lowest BCUT2D eigenvalue weighted by molar-refractivity contribution is -0.126. The largest absolute Gasteiger partial charge is 0.357 e. The van der Waals surface area contributed by atoms with Gasteiger partial charge in [-0.3, -0.25) is 14.3 Å². The number of likely N-dealkylation sites (N-methyl/N-ethyl adjacent to an activating group) is 1. The van der Waals surface area contributed by atoms with Crippen molar-refractivity contribution in [2.45, 2.75) is 18.4 Å². The number of nitrogens with one attached hydrogen (secondary N) is 2. The molecule has 7 nitrogen and oxygen atoms in total. The molecule has 1 saturated heterocycles. The van der Waals surface area contributed by atoms with Crippen LogP contribution < -0.4 is 10.6 Å². The van der Waals surface area contributed by atoms with Crippen LogP contribution in [0.5, 0.6) is 0 Å². The smallest absolute Gasteiger partial charge is 0.256 e. The fourth-order valence-electron chi connectivity index (χ4n) is 3.27. The van der Waals surface area contributed by atoms with Gasteiger partial charge in [0.15, 0.2) is 0 Å². The van der Waals surface area contributed by atoms with Crippen LogP contribution >= 0.6 is 0 Å². The quantitative estimate of drug-likeness (QED) is 0.865. The summed E-state index contributed by atoms with van der Waals surface area (Å²) in [5, 5.41) is 10.2. The Kier molecular flexibility index (Phi) is 4.92. The van der Waals surface area contributed by atoms with Gasteiger partial charge >= 0.3 is 0 Å². The van der Waals surface area contributed by atoms with E-state index in [1.54, 1.807) is 48.1 Å². The number of aromatic nitrogens is 2. The molecule has 1 aliphatic rings. The maximum Gasteiger partial charge on any atom is 0.256 e. The average molecular weight is 359 g/mol. The number of anilines is 1. The molecular formula is C18H22FN5O2. The van der Waals surface area contributed by atoms with Crippen molar-refractivity contribution >= 4 is 17.6 Å². The van der Waals surface area contributed by atoms with Crippen molar-refractivity contribution in [2.24, 2.45) is 7.05 Å². The highest BCUT2D eigenvalue weighted by Crippen LogP contribution is 2.28. The molecule has 138 valence electrons. The molecule has 0 aliphatic carbocycles. The summed E-state index contributed by atoms with van der Waals surface area (Å²) >= 11 is 0. The van der Waals surface area contributed by atoms with Crippen molar-refractivity contribution in [3.8, 4) is 0 Å². The fraction of sp³-hybridized carbons (Fsp3) is 0.389. The molecule has 1 fully saturated rings. The van der Waals surface area contributed by atoms with E-state index in [1.807, 2.05) is 0 Å². The van der Waals surface area contributed by atoms with Gasteiger partial charge in [0.1, 0.15) is 17.2 Å². The van der Waals surface area contributed by atoms with E-state index < -0.39 is 11.4 Å². The number of piperidine rings is 1. The number of nitrogens with zero attached hydrogens (tertiary/aromatic N) is 3. The van der Waals surface area contributed by atoms with Gasteiger partial charge in [0.25, 0.3) is 5.91 Å². The SMILES string of the molecule is CNC(=O)C1(Nc2ccn(C)n2)CCN(C(=O)c2ccccc2F)CC1. The summed E-state index contributed by atoms with van der Waals surface area (Å²) in [7, 11) is 3.38. The number of aryl methyl sites for hydroxylation is 1. The molecule has 2 N–H and O–H groups in total. The molecular weight excluding hydrogens is 337 g/mol. The minimum Gasteiger partial charge on any atom is -0.357 e. The number of rotatable bonds is 4. The zero-order valence-electron chi connectivity index (χ0n) is 14.8. The summed E-state index contributed by atoms with van der Waals surface area (Å²) in [6.45, 7) is 0.695. The van der Waals surface area contributed by atoms with Gasteiger partial charge in [0, 0.05) is 39.4 Å². The monoisotopic (exact) mass is 359 g/mol. The fourth-order valence-corrected chi connectivity index (χ4v) is 3.27. The summed E-state index contributed by atoms with van der Waals surface area (Å²) < 4.78 is 15.5. The van der Waals surface area contributed by atoms with Crippen LogP contribution in [-0.2, 0) is 11.8 Å². The van der Waals surface area contributed by atoms with Crippen molar-refractivity contribution in [3.05, 3.63) is 47.9 Å². The summed E-state index contributed by atoms with van der Waals surface area (Å²) in [6.07, 6.45) is 2.60. The van der Waals surface area contributed by atoms with E-state index in [0.29, 0.717) is 31.7 Å². The van der Waals surface area contributed by atoms with E-state index in [1.165, 1.54) is 12.1 Å². The van der Waals surface area contributed by atoms with Gasteiger partial charge < -0.3 is 15.5 Å². The first kappa shape index (κ1) is 17.9. The predicted molar refractivity (Wildman–Crippen MR) is 95.2 cm³/mol. The van der Waals surface area contributed by atoms with Gasteiger partial charge in [-0.15, -0.1) is 0 Å². The second kappa shape index (κ2) is 7.15. The van der Waals surface area contributed by atoms with E-state index in [9.17, 15) is 14.0 Å². The Balaban J connectivity index is 1.75. The van der Waals surface area contributed by atoms with Gasteiger partial charge in [-0.25, -0.2) is 4.39 Å². The first-order valence-corrected chi connectivity index (χ1v) is 8.49. The lowest BCUT2D eigenvalue weighted by atomic mass is 9.86. The molecule has 2 aromatic rings. The Hall–Kier alpha value is -2.90. The van der Waals surface area contributed by atoms with Crippen LogP contribution in [0, 0.1) is 5.82 Å². The van der Waals surface area contributed by atoms with E-state index in [0.717, 1.165) is 0 Å². The first-order valence-electron chi connectivity index (χ1n) is 8.49. The third-order valence-corrected chi connectivity index (χ3v) is 4.75. The Morgan fingerprint density at radius 1 is 1.19 bits per heavy atom. The standard InChI is InChI=1S/C18H22FN5O2/c1-20-17(26)18(21-15-7-10-23(2)22-15)8-11-24(12-9-18)16(25)13-5-3-4-6-14(13)19/h3-7,10H,8-9,11-12H2,1-2H3,(H,20,26)(H,21,22). The molecule has 0 bridgehead atoms. The molecule has 1 aromatic carbocycles. The Morgan fingerprint density at radius 2 is 1.88 bits per heavy atom. The van der Waals surface area contributed by atoms with Crippen molar-refractivity contribution in [2.75, 3.05) is 25.5 Å². The Morgan fingerprint density at radius 3 is 2.46 bits per heavy atom. The van der Waals surface area contributed by atoms with Crippen molar-refractivity contribution in [1.82, 2.24) is 20.0 Å². The van der Waals surface area contributed by atoms with Gasteiger partial charge in [0.05, 0.1) is 5.56 Å². The van der Waals surface area contributed by atoms with Gasteiger partial charge in [-0.05, 0) is 25.0 Å². The Labute approximate surface area is 151 Å². The number of carbonyl (C=O) groups excluding carboxylic acids is 2. The molecule has 2 amide bonds. The molecule has 1 aromatic heterocycles. The Bertz CT molecular complexity index is 811. The topological polar surface area (TPSA) is 79.3 Å². The molecule has 8 heteroatoms. The van der Waals surface area contributed by atoms with Gasteiger partial charge in [0.2, 0.25) is 5.91 Å². The molecule has 1 aliphatic heterocycles. The number of halogens is 1. The molecule has 0 radical (unpaired) electrons. The normalized spacial score (nSPS) is 16.2. The number of hydrogen-bond acceptors (Lipinski definition) is 4. The van der Waals surface area contributed by atoms with Crippen molar-refractivity contribution < 1.29 is 14.0 Å². The maximum absolute atomic E-state index is 13.9. The van der Waals surface area contributed by atoms with Crippen LogP contribution in [0.2, 0.25) is 0 Å². The number of benzene rings is 1. The molecule has 0 saturated carbocycles. The van der Waals surface area contributed by atoms with E-state index in [-0.39, 0.29) is 17.4 Å². The lowest BCUT2D eigenvalue weighted by Gasteiger charge is -2.41. The van der Waals surface area contributed by atoms with E-state index in [2.05, 4.69) is 15.7 Å². The maximum atomic E-state index is 13.9. The third-order valence-electron chi connectivity index (χ3n) is 4.75. The van der Waals surface area contributed by atoms with Crippen LogP contribution in [0.1, 0.15) is 23.2 Å². The number of amides is 2. The van der Waals surface area contributed by atoms with Crippen LogP contribution in [0.15, 0.2) is 36.5 Å². The third kappa shape index (κ3) is 3.40. The molecule has 0 spiro atoms. The van der Waals surface area contributed by atoms with Crippen molar-refractivity contribution in [3.63, 3.8) is 0 Å².